The van der Waals surface area contributed by atoms with Crippen molar-refractivity contribution in [1.82, 2.24) is 14.8 Å². The van der Waals surface area contributed by atoms with E-state index in [1.807, 2.05) is 84.0 Å². The van der Waals surface area contributed by atoms with Crippen LogP contribution >= 0.6 is 0 Å². The summed E-state index contributed by atoms with van der Waals surface area (Å²) >= 11 is 0. The van der Waals surface area contributed by atoms with Crippen molar-refractivity contribution in [2.75, 3.05) is 19.7 Å². The van der Waals surface area contributed by atoms with E-state index in [9.17, 15) is 9.59 Å². The minimum atomic E-state index is -0.610. The van der Waals surface area contributed by atoms with Crippen molar-refractivity contribution < 1.29 is 23.8 Å². The monoisotopic (exact) mass is 469 g/mol. The second-order valence-corrected chi connectivity index (χ2v) is 9.72. The molecule has 0 radical (unpaired) electrons. The maximum absolute atomic E-state index is 13.1. The predicted octanol–water partition coefficient (Wildman–Crippen LogP) is 4.72. The number of carbonyl (C=O) groups is 2. The molecule has 1 fully saturated rings. The molecule has 1 aromatic heterocycles. The second-order valence-electron chi connectivity index (χ2n) is 9.72. The molecule has 1 aromatic carbocycles. The second kappa shape index (κ2) is 10.8. The largest absolute Gasteiger partial charge is 0.491 e. The molecule has 34 heavy (non-hydrogen) atoms. The van der Waals surface area contributed by atoms with Gasteiger partial charge in [0.05, 0.1) is 12.1 Å². The van der Waals surface area contributed by atoms with Crippen molar-refractivity contribution in [3.05, 3.63) is 59.4 Å². The number of hydrogen-bond donors (Lipinski definition) is 0. The quantitative estimate of drug-likeness (QED) is 0.630. The molecule has 1 unspecified atom stereocenters. The van der Waals surface area contributed by atoms with Crippen LogP contribution in [0.25, 0.3) is 0 Å². The normalized spacial score (nSPS) is 18.4. The lowest BCUT2D eigenvalue weighted by atomic mass is 10.1. The highest BCUT2D eigenvalue weighted by Crippen LogP contribution is 2.22. The third kappa shape index (κ3) is 7.10. The molecule has 8 heteroatoms. The summed E-state index contributed by atoms with van der Waals surface area (Å²) in [5, 5.41) is 0. The average molecular weight is 470 g/mol. The molecular formula is C26H35N3O5. The maximum Gasteiger partial charge on any atom is 0.410 e. The number of aryl methyl sites for hydroxylation is 2. The molecule has 2 amide bonds. The van der Waals surface area contributed by atoms with Crippen LogP contribution in [0.3, 0.4) is 0 Å². The standard InChI is InChI=1S/C26H35N3O5/c1-18-12-23(13-19(2)27-18)32-17-22-15-28(25(31)34-26(4,5)6)20(3)14-29(22)24(30)33-16-21-10-8-7-9-11-21/h7-13,20,22H,14-17H2,1-6H3/t20-,22?/m0/s1. The number of nitrogens with zero attached hydrogens (tertiary/aromatic N) is 3. The Morgan fingerprint density at radius 3 is 2.26 bits per heavy atom. The van der Waals surface area contributed by atoms with E-state index < -0.39 is 23.8 Å². The lowest BCUT2D eigenvalue weighted by Crippen LogP contribution is -2.62. The molecule has 0 N–H and O–H groups in total. The van der Waals surface area contributed by atoms with Crippen LogP contribution in [0.5, 0.6) is 5.75 Å². The van der Waals surface area contributed by atoms with Gasteiger partial charge in [-0.25, -0.2) is 9.59 Å². The third-order valence-electron chi connectivity index (χ3n) is 5.41. The Balaban J connectivity index is 1.74. The summed E-state index contributed by atoms with van der Waals surface area (Å²) in [6.45, 7) is 12.2. The van der Waals surface area contributed by atoms with Gasteiger partial charge in [-0.1, -0.05) is 30.3 Å². The number of benzene rings is 1. The first kappa shape index (κ1) is 25.3. The molecule has 2 atom stereocenters. The molecule has 1 aliphatic heterocycles. The van der Waals surface area contributed by atoms with E-state index in [1.54, 1.807) is 9.80 Å². The van der Waals surface area contributed by atoms with E-state index in [0.717, 1.165) is 17.0 Å². The Bertz CT molecular complexity index is 969. The molecule has 184 valence electrons. The van der Waals surface area contributed by atoms with E-state index in [4.69, 9.17) is 14.2 Å². The number of hydrogen-bond acceptors (Lipinski definition) is 6. The summed E-state index contributed by atoms with van der Waals surface area (Å²) in [5.74, 6) is 0.671. The van der Waals surface area contributed by atoms with Crippen LogP contribution in [0.4, 0.5) is 9.59 Å². The SMILES string of the molecule is Cc1cc(OCC2CN(C(=O)OC(C)(C)C)[C@@H](C)CN2C(=O)OCc2ccccc2)cc(C)n1. The molecule has 1 aliphatic rings. The molecule has 0 spiro atoms. The van der Waals surface area contributed by atoms with Gasteiger partial charge in [0.15, 0.2) is 0 Å². The first-order chi connectivity index (χ1) is 16.0. The topological polar surface area (TPSA) is 81.2 Å². The minimum absolute atomic E-state index is 0.177. The average Bonchev–Trinajstić information content (AvgIpc) is 2.75. The molecule has 0 bridgehead atoms. The Morgan fingerprint density at radius 2 is 1.65 bits per heavy atom. The van der Waals surface area contributed by atoms with E-state index >= 15 is 0 Å². The third-order valence-corrected chi connectivity index (χ3v) is 5.41. The smallest absolute Gasteiger partial charge is 0.410 e. The molecule has 2 aromatic rings. The van der Waals surface area contributed by atoms with Gasteiger partial charge in [-0.3, -0.25) is 9.88 Å². The highest BCUT2D eigenvalue weighted by Gasteiger charge is 2.39. The highest BCUT2D eigenvalue weighted by molar-refractivity contribution is 5.71. The number of aromatic nitrogens is 1. The number of piperazine rings is 1. The number of ether oxygens (including phenoxy) is 3. The first-order valence-corrected chi connectivity index (χ1v) is 11.6. The summed E-state index contributed by atoms with van der Waals surface area (Å²) in [5.41, 5.74) is 2.00. The van der Waals surface area contributed by atoms with Crippen molar-refractivity contribution in [3.8, 4) is 5.75 Å². The van der Waals surface area contributed by atoms with Gasteiger partial charge in [0, 0.05) is 36.6 Å². The Labute approximate surface area is 201 Å². The fraction of sp³-hybridized carbons (Fsp3) is 0.500. The Kier molecular flexibility index (Phi) is 8.02. The molecule has 0 saturated carbocycles. The van der Waals surface area contributed by atoms with Crippen LogP contribution in [0.1, 0.15) is 44.6 Å². The number of amides is 2. The lowest BCUT2D eigenvalue weighted by molar-refractivity contribution is -0.0207. The zero-order valence-corrected chi connectivity index (χ0v) is 20.9. The lowest BCUT2D eigenvalue weighted by Gasteiger charge is -2.44. The summed E-state index contributed by atoms with van der Waals surface area (Å²) in [6, 6.07) is 12.6. The predicted molar refractivity (Wildman–Crippen MR) is 129 cm³/mol. The van der Waals surface area contributed by atoms with Crippen LogP contribution in [0, 0.1) is 13.8 Å². The molecule has 1 saturated heterocycles. The van der Waals surface area contributed by atoms with Crippen LogP contribution in [0.15, 0.2) is 42.5 Å². The first-order valence-electron chi connectivity index (χ1n) is 11.6. The van der Waals surface area contributed by atoms with E-state index in [1.165, 1.54) is 0 Å². The van der Waals surface area contributed by atoms with Crippen LogP contribution in [-0.4, -0.2) is 64.4 Å². The Morgan fingerprint density at radius 1 is 1.00 bits per heavy atom. The van der Waals surface area contributed by atoms with Gasteiger partial charge < -0.3 is 19.1 Å². The van der Waals surface area contributed by atoms with E-state index in [2.05, 4.69) is 4.98 Å². The fourth-order valence-electron chi connectivity index (χ4n) is 3.85. The molecule has 3 rings (SSSR count). The van der Waals surface area contributed by atoms with Crippen molar-refractivity contribution in [1.29, 1.82) is 0 Å². The van der Waals surface area contributed by atoms with Gasteiger partial charge in [-0.05, 0) is 47.1 Å². The van der Waals surface area contributed by atoms with Crippen LogP contribution in [-0.2, 0) is 16.1 Å². The van der Waals surface area contributed by atoms with Gasteiger partial charge in [-0.15, -0.1) is 0 Å². The molecule has 0 aliphatic carbocycles. The number of pyridine rings is 1. The van der Waals surface area contributed by atoms with E-state index in [0.29, 0.717) is 12.3 Å². The van der Waals surface area contributed by atoms with E-state index in [-0.39, 0.29) is 25.8 Å². The van der Waals surface area contributed by atoms with Gasteiger partial charge in [0.2, 0.25) is 0 Å². The van der Waals surface area contributed by atoms with Gasteiger partial charge in [-0.2, -0.15) is 0 Å². The highest BCUT2D eigenvalue weighted by atomic mass is 16.6. The van der Waals surface area contributed by atoms with Gasteiger partial charge >= 0.3 is 12.2 Å². The molecule has 2 heterocycles. The fourth-order valence-corrected chi connectivity index (χ4v) is 3.85. The summed E-state index contributed by atoms with van der Waals surface area (Å²) in [4.78, 5) is 33.6. The van der Waals surface area contributed by atoms with Gasteiger partial charge in [0.1, 0.15) is 24.6 Å². The number of rotatable bonds is 5. The van der Waals surface area contributed by atoms with Crippen LogP contribution in [0.2, 0.25) is 0 Å². The van der Waals surface area contributed by atoms with Gasteiger partial charge in [0.25, 0.3) is 0 Å². The Hall–Kier alpha value is -3.29. The summed E-state index contributed by atoms with van der Waals surface area (Å²) < 4.78 is 17.2. The molecular weight excluding hydrogens is 434 g/mol. The summed E-state index contributed by atoms with van der Waals surface area (Å²) in [7, 11) is 0. The van der Waals surface area contributed by atoms with Crippen molar-refractivity contribution in [2.24, 2.45) is 0 Å². The maximum atomic E-state index is 13.1. The minimum Gasteiger partial charge on any atom is -0.491 e. The van der Waals surface area contributed by atoms with Crippen molar-refractivity contribution in [3.63, 3.8) is 0 Å². The molecule has 8 nitrogen and oxygen atoms in total. The zero-order chi connectivity index (χ0) is 24.9. The summed E-state index contributed by atoms with van der Waals surface area (Å²) in [6.07, 6.45) is -0.840. The van der Waals surface area contributed by atoms with Crippen molar-refractivity contribution >= 4 is 12.2 Å². The zero-order valence-electron chi connectivity index (χ0n) is 20.9. The number of carbonyl (C=O) groups excluding carboxylic acids is 2. The van der Waals surface area contributed by atoms with Crippen LogP contribution < -0.4 is 4.74 Å². The van der Waals surface area contributed by atoms with Crippen molar-refractivity contribution in [2.45, 2.75) is 65.8 Å².